The highest BCUT2D eigenvalue weighted by Gasteiger charge is 2.36. The lowest BCUT2D eigenvalue weighted by atomic mass is 9.93. The molecule has 0 saturated heterocycles. The van der Waals surface area contributed by atoms with Crippen LogP contribution in [0.1, 0.15) is 62.5 Å². The van der Waals surface area contributed by atoms with Crippen LogP contribution in [0.2, 0.25) is 0 Å². The van der Waals surface area contributed by atoms with E-state index in [9.17, 15) is 19.5 Å². The van der Waals surface area contributed by atoms with Crippen molar-refractivity contribution in [3.05, 3.63) is 89.5 Å². The van der Waals surface area contributed by atoms with Gasteiger partial charge in [-0.25, -0.2) is 0 Å². The fraction of sp³-hybridized carbons (Fsp3) is 0.400. The van der Waals surface area contributed by atoms with E-state index in [2.05, 4.69) is 16.0 Å². The maximum atomic E-state index is 14.1. The van der Waals surface area contributed by atoms with Crippen molar-refractivity contribution in [3.8, 4) is 11.1 Å². The van der Waals surface area contributed by atoms with Gasteiger partial charge >= 0.3 is 0 Å². The molecule has 3 aromatic rings. The largest absolute Gasteiger partial charge is 0.392 e. The minimum absolute atomic E-state index is 0.107. The number of nitrogens with zero attached hydrogens (tertiary/aromatic N) is 1. The van der Waals surface area contributed by atoms with E-state index in [-0.39, 0.29) is 30.1 Å². The summed E-state index contributed by atoms with van der Waals surface area (Å²) < 4.78 is 0. The summed E-state index contributed by atoms with van der Waals surface area (Å²) in [6, 6.07) is 22.7. The molecule has 3 aromatic carbocycles. The zero-order valence-electron chi connectivity index (χ0n) is 25.8. The van der Waals surface area contributed by atoms with E-state index in [4.69, 9.17) is 0 Å². The van der Waals surface area contributed by atoms with Gasteiger partial charge in [0.2, 0.25) is 11.8 Å². The maximum absolute atomic E-state index is 14.1. The van der Waals surface area contributed by atoms with Crippen LogP contribution in [0, 0.1) is 5.92 Å². The molecule has 1 heterocycles. The van der Waals surface area contributed by atoms with Crippen molar-refractivity contribution in [1.29, 1.82) is 0 Å². The SMILES string of the molecule is CCNC(=O)c1ccccc1-c1ccc(CN2C(=O)C(NC(=O)CC(C)(C)NCC(C)O)C(C)Cc3ccccc32)cc1. The van der Waals surface area contributed by atoms with Crippen molar-refractivity contribution in [1.82, 2.24) is 16.0 Å². The van der Waals surface area contributed by atoms with Crippen LogP contribution in [0.5, 0.6) is 0 Å². The van der Waals surface area contributed by atoms with Gasteiger partial charge < -0.3 is 26.0 Å². The predicted octanol–water partition coefficient (Wildman–Crippen LogP) is 4.45. The summed E-state index contributed by atoms with van der Waals surface area (Å²) >= 11 is 0. The zero-order valence-corrected chi connectivity index (χ0v) is 25.8. The van der Waals surface area contributed by atoms with Crippen LogP contribution < -0.4 is 20.9 Å². The Morgan fingerprint density at radius 1 is 1.02 bits per heavy atom. The second-order valence-electron chi connectivity index (χ2n) is 12.2. The number of rotatable bonds is 11. The van der Waals surface area contributed by atoms with E-state index in [0.717, 1.165) is 27.9 Å². The van der Waals surface area contributed by atoms with E-state index >= 15 is 0 Å². The number of hydrogen-bond donors (Lipinski definition) is 4. The third-order valence-corrected chi connectivity index (χ3v) is 7.84. The van der Waals surface area contributed by atoms with Gasteiger partial charge in [0.1, 0.15) is 6.04 Å². The number of benzene rings is 3. The van der Waals surface area contributed by atoms with Crippen molar-refractivity contribution in [3.63, 3.8) is 0 Å². The minimum Gasteiger partial charge on any atom is -0.392 e. The normalized spacial score (nSPS) is 17.5. The van der Waals surface area contributed by atoms with Gasteiger partial charge in [-0.15, -0.1) is 0 Å². The molecule has 3 amide bonds. The van der Waals surface area contributed by atoms with Gasteiger partial charge in [-0.05, 0) is 74.4 Å². The van der Waals surface area contributed by atoms with Crippen LogP contribution in [0.15, 0.2) is 72.8 Å². The van der Waals surface area contributed by atoms with Gasteiger partial charge in [0.25, 0.3) is 5.91 Å². The molecule has 8 nitrogen and oxygen atoms in total. The number of para-hydroxylation sites is 1. The molecule has 0 fully saturated rings. The van der Waals surface area contributed by atoms with E-state index in [0.29, 0.717) is 31.6 Å². The Morgan fingerprint density at radius 2 is 1.70 bits per heavy atom. The van der Waals surface area contributed by atoms with Crippen LogP contribution >= 0.6 is 0 Å². The summed E-state index contributed by atoms with van der Waals surface area (Å²) in [5.41, 5.74) is 4.68. The number of aliphatic hydroxyl groups excluding tert-OH is 1. The van der Waals surface area contributed by atoms with Crippen molar-refractivity contribution < 1.29 is 19.5 Å². The smallest absolute Gasteiger partial charge is 0.251 e. The monoisotopic (exact) mass is 584 g/mol. The maximum Gasteiger partial charge on any atom is 0.251 e. The molecule has 4 N–H and O–H groups in total. The van der Waals surface area contributed by atoms with E-state index in [1.807, 2.05) is 100 Å². The van der Waals surface area contributed by atoms with Crippen LogP contribution in [0.4, 0.5) is 5.69 Å². The molecular weight excluding hydrogens is 540 g/mol. The van der Waals surface area contributed by atoms with Gasteiger partial charge in [0.05, 0.1) is 12.6 Å². The molecule has 3 unspecified atom stereocenters. The number of aliphatic hydroxyl groups is 1. The first kappa shape index (κ1) is 31.9. The first-order chi connectivity index (χ1) is 20.5. The number of hydrogen-bond acceptors (Lipinski definition) is 5. The average Bonchev–Trinajstić information content (AvgIpc) is 3.06. The number of carbonyl (C=O) groups is 3. The van der Waals surface area contributed by atoms with Crippen molar-refractivity contribution in [2.24, 2.45) is 5.92 Å². The molecular formula is C35H44N4O4. The number of amides is 3. The minimum atomic E-state index is -0.685. The average molecular weight is 585 g/mol. The molecule has 0 aliphatic carbocycles. The number of nitrogens with one attached hydrogen (secondary N) is 3. The van der Waals surface area contributed by atoms with Crippen LogP contribution in [-0.4, -0.2) is 53.6 Å². The van der Waals surface area contributed by atoms with Gasteiger partial charge in [-0.3, -0.25) is 14.4 Å². The highest BCUT2D eigenvalue weighted by atomic mass is 16.3. The Morgan fingerprint density at radius 3 is 2.40 bits per heavy atom. The molecule has 228 valence electrons. The summed E-state index contributed by atoms with van der Waals surface area (Å²) in [6.45, 7) is 10.7. The highest BCUT2D eigenvalue weighted by molar-refractivity contribution is 6.01. The molecule has 1 aliphatic heterocycles. The Hall–Kier alpha value is -4.01. The summed E-state index contributed by atoms with van der Waals surface area (Å²) in [6.07, 6.45) is 0.299. The van der Waals surface area contributed by atoms with Crippen molar-refractivity contribution in [2.75, 3.05) is 18.0 Å². The quantitative estimate of drug-likeness (QED) is 0.266. The topological polar surface area (TPSA) is 111 Å². The predicted molar refractivity (Wildman–Crippen MR) is 171 cm³/mol. The Labute approximate surface area is 254 Å². The lowest BCUT2D eigenvalue weighted by Gasteiger charge is -2.30. The summed E-state index contributed by atoms with van der Waals surface area (Å²) in [7, 11) is 0. The van der Waals surface area contributed by atoms with Gasteiger partial charge in [-0.2, -0.15) is 0 Å². The van der Waals surface area contributed by atoms with Gasteiger partial charge in [-0.1, -0.05) is 67.6 Å². The number of carbonyl (C=O) groups excluding carboxylic acids is 3. The van der Waals surface area contributed by atoms with Crippen molar-refractivity contribution in [2.45, 2.75) is 71.7 Å². The molecule has 0 aromatic heterocycles. The van der Waals surface area contributed by atoms with E-state index < -0.39 is 17.7 Å². The lowest BCUT2D eigenvalue weighted by molar-refractivity contribution is -0.129. The van der Waals surface area contributed by atoms with E-state index in [1.165, 1.54) is 0 Å². The molecule has 1 aliphatic rings. The first-order valence-corrected chi connectivity index (χ1v) is 15.1. The number of β-amino-alcohol motifs (C(OH)–C–C–N with tert-alkyl or cyclic N) is 1. The summed E-state index contributed by atoms with van der Waals surface area (Å²) in [4.78, 5) is 41.7. The molecule has 3 atom stereocenters. The first-order valence-electron chi connectivity index (χ1n) is 15.1. The Bertz CT molecular complexity index is 1430. The second kappa shape index (κ2) is 14.0. The van der Waals surface area contributed by atoms with Gasteiger partial charge in [0, 0.05) is 36.3 Å². The molecule has 8 heteroatoms. The molecule has 4 rings (SSSR count). The fourth-order valence-corrected chi connectivity index (χ4v) is 5.58. The number of anilines is 1. The zero-order chi connectivity index (χ0) is 31.1. The molecule has 0 saturated carbocycles. The van der Waals surface area contributed by atoms with Crippen LogP contribution in [0.25, 0.3) is 11.1 Å². The Kier molecular flexibility index (Phi) is 10.4. The standard InChI is InChI=1S/C35H44N4O4/c1-6-36-33(42)29-13-9-8-12-28(29)26-17-15-25(16-18-26)22-39-30-14-10-7-11-27(30)19-23(2)32(34(39)43)38-31(41)20-35(4,5)37-21-24(3)40/h7-18,23-24,32,37,40H,6,19-22H2,1-5H3,(H,36,42)(H,38,41). The Balaban J connectivity index is 1.56. The molecule has 0 radical (unpaired) electrons. The number of fused-ring (bicyclic) bond motifs is 1. The molecule has 0 bridgehead atoms. The molecule has 43 heavy (non-hydrogen) atoms. The van der Waals surface area contributed by atoms with E-state index in [1.54, 1.807) is 11.8 Å². The highest BCUT2D eigenvalue weighted by Crippen LogP contribution is 2.32. The second-order valence-corrected chi connectivity index (χ2v) is 12.2. The lowest BCUT2D eigenvalue weighted by Crippen LogP contribution is -2.53. The van der Waals surface area contributed by atoms with Crippen LogP contribution in [-0.2, 0) is 22.6 Å². The summed E-state index contributed by atoms with van der Waals surface area (Å²) in [5, 5.41) is 18.8. The van der Waals surface area contributed by atoms with Gasteiger partial charge in [0.15, 0.2) is 0 Å². The molecule has 0 spiro atoms. The van der Waals surface area contributed by atoms with Crippen molar-refractivity contribution >= 4 is 23.4 Å². The third kappa shape index (κ3) is 8.09. The summed E-state index contributed by atoms with van der Waals surface area (Å²) in [5.74, 6) is -0.580. The van der Waals surface area contributed by atoms with Crippen LogP contribution in [0.3, 0.4) is 0 Å². The fourth-order valence-electron chi connectivity index (χ4n) is 5.58. The third-order valence-electron chi connectivity index (χ3n) is 7.84.